The number of hydrogen-bond acceptors (Lipinski definition) is 8. The zero-order valence-corrected chi connectivity index (χ0v) is 15.8. The van der Waals surface area contributed by atoms with Crippen molar-refractivity contribution in [2.45, 2.75) is 18.9 Å². The van der Waals surface area contributed by atoms with Gasteiger partial charge in [-0.15, -0.1) is 0 Å². The fraction of sp³-hybridized carbons (Fsp3) is 0.389. The van der Waals surface area contributed by atoms with Crippen LogP contribution < -0.4 is 11.1 Å². The van der Waals surface area contributed by atoms with Crippen molar-refractivity contribution in [2.75, 3.05) is 32.5 Å². The molecule has 2 aliphatic heterocycles. The van der Waals surface area contributed by atoms with E-state index < -0.39 is 35.6 Å². The van der Waals surface area contributed by atoms with Crippen LogP contribution in [-0.4, -0.2) is 82.4 Å². The van der Waals surface area contributed by atoms with Gasteiger partial charge in [0.2, 0.25) is 5.91 Å². The summed E-state index contributed by atoms with van der Waals surface area (Å²) in [5.74, 6) is -3.04. The van der Waals surface area contributed by atoms with Gasteiger partial charge in [-0.2, -0.15) is 0 Å². The van der Waals surface area contributed by atoms with Gasteiger partial charge in [0.25, 0.3) is 17.7 Å². The number of carboxylic acid groups (broad SMARTS) is 1. The Labute approximate surface area is 166 Å². The number of nitrogens with one attached hydrogen (secondary N) is 1. The number of β-amino-alcohol motifs (C(OH)–C–C–N with tert-alkyl or cyclic N) is 1. The van der Waals surface area contributed by atoms with Gasteiger partial charge in [0.1, 0.15) is 6.04 Å². The molecule has 1 saturated heterocycles. The van der Waals surface area contributed by atoms with Crippen molar-refractivity contribution < 1.29 is 34.2 Å². The zero-order valence-electron chi connectivity index (χ0n) is 15.8. The summed E-state index contributed by atoms with van der Waals surface area (Å²) in [6.07, 6.45) is 0.118. The number of likely N-dealkylation sites (N-methyl/N-ethyl adjacent to an activating group) is 1. The van der Waals surface area contributed by atoms with E-state index >= 15 is 0 Å². The molecule has 0 bridgehead atoms. The summed E-state index contributed by atoms with van der Waals surface area (Å²) in [5.41, 5.74) is 6.34. The molecule has 0 aromatic heterocycles. The van der Waals surface area contributed by atoms with Crippen LogP contribution in [0.1, 0.15) is 33.6 Å². The number of fused-ring (bicyclic) bond motifs is 1. The summed E-state index contributed by atoms with van der Waals surface area (Å²) in [6, 6.07) is 3.33. The van der Waals surface area contributed by atoms with E-state index in [2.05, 4.69) is 5.32 Å². The number of carbonyl (C=O) groups is 5. The van der Waals surface area contributed by atoms with Gasteiger partial charge < -0.3 is 21.3 Å². The number of hydrogen-bond donors (Lipinski definition) is 4. The minimum Gasteiger partial charge on any atom is -0.480 e. The topological polar surface area (TPSA) is 170 Å². The van der Waals surface area contributed by atoms with Crippen LogP contribution in [0.3, 0.4) is 0 Å². The molecular weight excluding hydrogens is 384 g/mol. The molecule has 1 unspecified atom stereocenters. The highest BCUT2D eigenvalue weighted by Gasteiger charge is 2.46. The molecule has 1 atom stereocenters. The van der Waals surface area contributed by atoms with E-state index in [1.165, 1.54) is 18.2 Å². The second-order valence-electron chi connectivity index (χ2n) is 6.37. The number of carbonyl (C=O) groups excluding carboxylic acids is 4. The lowest BCUT2D eigenvalue weighted by Crippen LogP contribution is -2.56. The number of aliphatic carboxylic acids is 1. The van der Waals surface area contributed by atoms with Gasteiger partial charge in [-0.3, -0.25) is 33.8 Å². The molecule has 156 valence electrons. The highest BCUT2D eigenvalue weighted by molar-refractivity contribution is 6.23. The Hall–Kier alpha value is -3.31. The molecule has 1 aromatic carbocycles. The third-order valence-electron chi connectivity index (χ3n) is 4.39. The van der Waals surface area contributed by atoms with Crippen LogP contribution >= 0.6 is 0 Å². The standard InChI is InChI=1S/C15H15N3O5.C3H7NO2/c16-8-1-2-9-10(7-8)14(22)18(13(9)21)11-3-4-12(20)17(5-6-19)15(11)23;1-4-2-3(5)6/h1-2,7,11,19H,3-6,16H2;4H,2H2,1H3,(H,5,6). The van der Waals surface area contributed by atoms with E-state index in [0.29, 0.717) is 5.69 Å². The first kappa shape index (κ1) is 22.0. The lowest BCUT2D eigenvalue weighted by molar-refractivity contribution is -0.152. The van der Waals surface area contributed by atoms with Crippen LogP contribution in [0.2, 0.25) is 0 Å². The molecule has 5 N–H and O–H groups in total. The molecule has 2 heterocycles. The zero-order chi connectivity index (χ0) is 21.7. The maximum Gasteiger partial charge on any atom is 0.317 e. The van der Waals surface area contributed by atoms with E-state index in [1.807, 2.05) is 0 Å². The van der Waals surface area contributed by atoms with Crippen LogP contribution in [0.15, 0.2) is 18.2 Å². The van der Waals surface area contributed by atoms with Gasteiger partial charge in [0, 0.05) is 12.1 Å². The number of piperidine rings is 1. The number of amides is 4. The maximum absolute atomic E-state index is 12.5. The molecule has 2 aliphatic rings. The first-order valence-corrected chi connectivity index (χ1v) is 8.81. The molecule has 11 heteroatoms. The molecular formula is C18H22N4O7. The molecule has 11 nitrogen and oxygen atoms in total. The predicted octanol–water partition coefficient (Wildman–Crippen LogP) is -1.33. The van der Waals surface area contributed by atoms with Crippen LogP contribution in [-0.2, 0) is 14.4 Å². The second kappa shape index (κ2) is 9.26. The number of carboxylic acids is 1. The molecule has 1 fully saturated rings. The second-order valence-corrected chi connectivity index (χ2v) is 6.37. The third kappa shape index (κ3) is 4.58. The first-order chi connectivity index (χ1) is 13.7. The fourth-order valence-electron chi connectivity index (χ4n) is 3.11. The summed E-state index contributed by atoms with van der Waals surface area (Å²) < 4.78 is 0. The number of imide groups is 2. The average molecular weight is 406 g/mol. The number of nitrogens with zero attached hydrogens (tertiary/aromatic N) is 2. The van der Waals surface area contributed by atoms with Crippen molar-refractivity contribution >= 4 is 35.3 Å². The normalized spacial score (nSPS) is 18.5. The largest absolute Gasteiger partial charge is 0.480 e. The van der Waals surface area contributed by atoms with Crippen molar-refractivity contribution in [2.24, 2.45) is 0 Å². The lowest BCUT2D eigenvalue weighted by Gasteiger charge is -2.34. The molecule has 0 spiro atoms. The van der Waals surface area contributed by atoms with Crippen molar-refractivity contribution in [3.05, 3.63) is 29.3 Å². The van der Waals surface area contributed by atoms with Gasteiger partial charge in [-0.1, -0.05) is 0 Å². The Kier molecular flexibility index (Phi) is 7.02. The van der Waals surface area contributed by atoms with Gasteiger partial charge in [0.15, 0.2) is 0 Å². The number of aliphatic hydroxyl groups is 1. The highest BCUT2D eigenvalue weighted by Crippen LogP contribution is 2.30. The van der Waals surface area contributed by atoms with E-state index in [9.17, 15) is 24.0 Å². The summed E-state index contributed by atoms with van der Waals surface area (Å²) in [6.45, 7) is -0.479. The van der Waals surface area contributed by atoms with Crippen LogP contribution in [0, 0.1) is 0 Å². The minimum atomic E-state index is -1.03. The molecule has 4 amide bonds. The summed E-state index contributed by atoms with van der Waals surface area (Å²) in [4.78, 5) is 60.5. The van der Waals surface area contributed by atoms with Crippen LogP contribution in [0.4, 0.5) is 5.69 Å². The highest BCUT2D eigenvalue weighted by atomic mass is 16.4. The van der Waals surface area contributed by atoms with E-state index in [4.69, 9.17) is 15.9 Å². The number of nitrogens with two attached hydrogens (primary N) is 1. The number of rotatable bonds is 5. The Balaban J connectivity index is 0.000000438. The number of nitrogen functional groups attached to an aromatic ring is 1. The molecule has 0 aliphatic carbocycles. The number of likely N-dealkylation sites (tertiary alicyclic amines) is 1. The lowest BCUT2D eigenvalue weighted by atomic mass is 10.0. The SMILES string of the molecule is CNCC(=O)O.Nc1ccc2c(c1)C(=O)N(C1CCC(=O)N(CCO)C1=O)C2=O. The molecule has 0 saturated carbocycles. The van der Waals surface area contributed by atoms with Gasteiger partial charge >= 0.3 is 5.97 Å². The van der Waals surface area contributed by atoms with Crippen LogP contribution in [0.25, 0.3) is 0 Å². The predicted molar refractivity (Wildman–Crippen MR) is 99.7 cm³/mol. The number of aliphatic hydroxyl groups excluding tert-OH is 1. The van der Waals surface area contributed by atoms with E-state index in [1.54, 1.807) is 7.05 Å². The quantitative estimate of drug-likeness (QED) is 0.341. The van der Waals surface area contributed by atoms with Crippen LogP contribution in [0.5, 0.6) is 0 Å². The molecule has 0 radical (unpaired) electrons. The Morgan fingerprint density at radius 3 is 2.41 bits per heavy atom. The van der Waals surface area contributed by atoms with Crippen molar-refractivity contribution in [3.8, 4) is 0 Å². The minimum absolute atomic E-state index is 0.0337. The Bertz CT molecular complexity index is 855. The van der Waals surface area contributed by atoms with Gasteiger partial charge in [0.05, 0.1) is 30.8 Å². The Morgan fingerprint density at radius 2 is 1.86 bits per heavy atom. The fourth-order valence-corrected chi connectivity index (χ4v) is 3.11. The summed E-state index contributed by atoms with van der Waals surface area (Å²) in [7, 11) is 1.59. The third-order valence-corrected chi connectivity index (χ3v) is 4.39. The van der Waals surface area contributed by atoms with Crippen molar-refractivity contribution in [1.82, 2.24) is 15.1 Å². The summed E-state index contributed by atoms with van der Waals surface area (Å²) in [5, 5.41) is 19.3. The first-order valence-electron chi connectivity index (χ1n) is 8.81. The number of benzene rings is 1. The molecule has 3 rings (SSSR count). The van der Waals surface area contributed by atoms with Gasteiger partial charge in [-0.05, 0) is 31.7 Å². The number of anilines is 1. The maximum atomic E-state index is 12.5. The molecule has 1 aromatic rings. The summed E-state index contributed by atoms with van der Waals surface area (Å²) >= 11 is 0. The van der Waals surface area contributed by atoms with Gasteiger partial charge in [-0.25, -0.2) is 0 Å². The average Bonchev–Trinajstić information content (AvgIpc) is 2.90. The van der Waals surface area contributed by atoms with Crippen molar-refractivity contribution in [3.63, 3.8) is 0 Å². The van der Waals surface area contributed by atoms with Crippen molar-refractivity contribution in [1.29, 1.82) is 0 Å². The Morgan fingerprint density at radius 1 is 1.21 bits per heavy atom. The van der Waals surface area contributed by atoms with E-state index in [-0.39, 0.29) is 43.7 Å². The monoisotopic (exact) mass is 406 g/mol. The smallest absolute Gasteiger partial charge is 0.317 e. The molecule has 29 heavy (non-hydrogen) atoms. The van der Waals surface area contributed by atoms with E-state index in [0.717, 1.165) is 9.80 Å².